The van der Waals surface area contributed by atoms with Gasteiger partial charge in [0.15, 0.2) is 0 Å². The number of nitrogens with one attached hydrogen (secondary N) is 1. The summed E-state index contributed by atoms with van der Waals surface area (Å²) in [6.45, 7) is 4.05. The molecule has 18 heavy (non-hydrogen) atoms. The second-order valence-corrected chi connectivity index (χ2v) is 7.52. The summed E-state index contributed by atoms with van der Waals surface area (Å²) in [7, 11) is -3.30. The number of hydrogen-bond donors (Lipinski definition) is 1. The van der Waals surface area contributed by atoms with Crippen molar-refractivity contribution in [1.82, 2.24) is 9.03 Å². The minimum Gasteiger partial charge on any atom is -0.199 e. The Labute approximate surface area is 111 Å². The van der Waals surface area contributed by atoms with Gasteiger partial charge in [0.2, 0.25) is 0 Å². The molecule has 0 amide bonds. The first-order chi connectivity index (χ1) is 8.50. The Morgan fingerprint density at radius 2 is 1.44 bits per heavy atom. The molecule has 1 saturated heterocycles. The van der Waals surface area contributed by atoms with E-state index in [-0.39, 0.29) is 18.1 Å². The van der Waals surface area contributed by atoms with Crippen LogP contribution in [0.1, 0.15) is 65.2 Å². The molecule has 0 aromatic rings. The Hall–Kier alpha value is -0.130. The molecular formula is C13H26N2O2S. The highest BCUT2D eigenvalue weighted by molar-refractivity contribution is 7.87. The van der Waals surface area contributed by atoms with Gasteiger partial charge in [0.1, 0.15) is 0 Å². The van der Waals surface area contributed by atoms with Gasteiger partial charge in [-0.15, -0.1) is 0 Å². The van der Waals surface area contributed by atoms with Crippen LogP contribution in [0.2, 0.25) is 0 Å². The van der Waals surface area contributed by atoms with E-state index in [2.05, 4.69) is 4.72 Å². The van der Waals surface area contributed by atoms with Crippen molar-refractivity contribution in [2.75, 3.05) is 0 Å². The summed E-state index contributed by atoms with van der Waals surface area (Å²) in [5.41, 5.74) is 0. The summed E-state index contributed by atoms with van der Waals surface area (Å²) in [5.74, 6) is 0. The maximum Gasteiger partial charge on any atom is 0.280 e. The molecule has 2 aliphatic rings. The predicted molar refractivity (Wildman–Crippen MR) is 73.5 cm³/mol. The fourth-order valence-electron chi connectivity index (χ4n) is 3.36. The number of rotatable bonds is 3. The Morgan fingerprint density at radius 1 is 0.889 bits per heavy atom. The van der Waals surface area contributed by atoms with Crippen molar-refractivity contribution < 1.29 is 8.42 Å². The van der Waals surface area contributed by atoms with Crippen LogP contribution in [0, 0.1) is 0 Å². The van der Waals surface area contributed by atoms with E-state index in [4.69, 9.17) is 0 Å². The maximum absolute atomic E-state index is 12.5. The van der Waals surface area contributed by atoms with Crippen molar-refractivity contribution in [2.24, 2.45) is 0 Å². The fourth-order valence-corrected chi connectivity index (χ4v) is 5.30. The zero-order valence-electron chi connectivity index (χ0n) is 11.6. The van der Waals surface area contributed by atoms with Crippen LogP contribution >= 0.6 is 0 Å². The van der Waals surface area contributed by atoms with Gasteiger partial charge in [0, 0.05) is 18.1 Å². The third-order valence-corrected chi connectivity index (χ3v) is 6.22. The summed E-state index contributed by atoms with van der Waals surface area (Å²) in [4.78, 5) is 0. The molecule has 0 spiro atoms. The molecule has 1 aliphatic carbocycles. The summed E-state index contributed by atoms with van der Waals surface area (Å²) in [5, 5.41) is 0. The Balaban J connectivity index is 2.04. The highest BCUT2D eigenvalue weighted by atomic mass is 32.2. The van der Waals surface area contributed by atoms with Gasteiger partial charge in [-0.3, -0.25) is 0 Å². The highest BCUT2D eigenvalue weighted by Gasteiger charge is 2.35. The van der Waals surface area contributed by atoms with Gasteiger partial charge < -0.3 is 0 Å². The first-order valence-electron chi connectivity index (χ1n) is 7.31. The molecule has 0 aromatic heterocycles. The Bertz CT molecular complexity index is 353. The zero-order chi connectivity index (χ0) is 13.2. The minimum atomic E-state index is -3.30. The molecule has 4 nitrogen and oxygen atoms in total. The van der Waals surface area contributed by atoms with E-state index in [9.17, 15) is 8.42 Å². The lowest BCUT2D eigenvalue weighted by atomic mass is 9.96. The molecule has 0 aromatic carbocycles. The second-order valence-electron chi connectivity index (χ2n) is 5.92. The number of piperidine rings is 1. The van der Waals surface area contributed by atoms with E-state index in [0.717, 1.165) is 44.9 Å². The van der Waals surface area contributed by atoms with Crippen LogP contribution in [0.3, 0.4) is 0 Å². The molecule has 5 heteroatoms. The molecular weight excluding hydrogens is 248 g/mol. The lowest BCUT2D eigenvalue weighted by Gasteiger charge is -2.38. The van der Waals surface area contributed by atoms with Crippen LogP contribution in [-0.2, 0) is 10.2 Å². The van der Waals surface area contributed by atoms with Crippen molar-refractivity contribution in [3.8, 4) is 0 Å². The minimum absolute atomic E-state index is 0.134. The summed E-state index contributed by atoms with van der Waals surface area (Å²) >= 11 is 0. The van der Waals surface area contributed by atoms with Crippen molar-refractivity contribution in [3.63, 3.8) is 0 Å². The van der Waals surface area contributed by atoms with E-state index >= 15 is 0 Å². The van der Waals surface area contributed by atoms with Gasteiger partial charge in [0.05, 0.1) is 0 Å². The van der Waals surface area contributed by atoms with Crippen molar-refractivity contribution >= 4 is 10.2 Å². The van der Waals surface area contributed by atoms with Crippen molar-refractivity contribution in [3.05, 3.63) is 0 Å². The molecule has 2 rings (SSSR count). The molecule has 2 fully saturated rings. The molecule has 1 aliphatic heterocycles. The third kappa shape index (κ3) is 3.25. The second kappa shape index (κ2) is 5.88. The van der Waals surface area contributed by atoms with E-state index < -0.39 is 10.2 Å². The predicted octanol–water partition coefficient (Wildman–Crippen LogP) is 2.42. The topological polar surface area (TPSA) is 49.4 Å². The normalized spacial score (nSPS) is 32.6. The molecule has 1 heterocycles. The van der Waals surface area contributed by atoms with Crippen LogP contribution in [0.25, 0.3) is 0 Å². The summed E-state index contributed by atoms with van der Waals surface area (Å²) in [6, 6.07) is 0.426. The van der Waals surface area contributed by atoms with Gasteiger partial charge in [-0.05, 0) is 39.5 Å². The quantitative estimate of drug-likeness (QED) is 0.859. The maximum atomic E-state index is 12.5. The van der Waals surface area contributed by atoms with Gasteiger partial charge in [-0.1, -0.05) is 25.7 Å². The van der Waals surface area contributed by atoms with Crippen LogP contribution in [-0.4, -0.2) is 30.8 Å². The van der Waals surface area contributed by atoms with E-state index in [1.165, 1.54) is 6.42 Å². The standard InChI is InChI=1S/C13H26N2O2S/c1-11-7-6-8-12(2)15(11)18(16,17)14-13-9-4-3-5-10-13/h11-14H,3-10H2,1-2H3. The SMILES string of the molecule is CC1CCCC(C)N1S(=O)(=O)NC1CCCCC1. The average molecular weight is 274 g/mol. The Morgan fingerprint density at radius 3 is 2.00 bits per heavy atom. The van der Waals surface area contributed by atoms with Gasteiger partial charge in [-0.2, -0.15) is 17.4 Å². The van der Waals surface area contributed by atoms with E-state index in [1.54, 1.807) is 4.31 Å². The molecule has 2 unspecified atom stereocenters. The Kier molecular flexibility index (Phi) is 4.67. The largest absolute Gasteiger partial charge is 0.280 e. The van der Waals surface area contributed by atoms with Crippen LogP contribution in [0.4, 0.5) is 0 Å². The first kappa shape index (κ1) is 14.3. The van der Waals surface area contributed by atoms with Gasteiger partial charge in [0.25, 0.3) is 10.2 Å². The molecule has 1 N–H and O–H groups in total. The molecule has 1 saturated carbocycles. The zero-order valence-corrected chi connectivity index (χ0v) is 12.4. The number of nitrogens with zero attached hydrogens (tertiary/aromatic N) is 1. The monoisotopic (exact) mass is 274 g/mol. The number of hydrogen-bond acceptors (Lipinski definition) is 2. The lowest BCUT2D eigenvalue weighted by Crippen LogP contribution is -2.54. The van der Waals surface area contributed by atoms with Crippen LogP contribution in [0.15, 0.2) is 0 Å². The molecule has 2 atom stereocenters. The smallest absolute Gasteiger partial charge is 0.199 e. The van der Waals surface area contributed by atoms with Crippen molar-refractivity contribution in [1.29, 1.82) is 0 Å². The summed E-state index contributed by atoms with van der Waals surface area (Å²) in [6.07, 6.45) is 8.64. The van der Waals surface area contributed by atoms with Crippen molar-refractivity contribution in [2.45, 2.75) is 83.3 Å². The molecule has 106 valence electrons. The average Bonchev–Trinajstić information content (AvgIpc) is 2.28. The van der Waals surface area contributed by atoms with Crippen LogP contribution < -0.4 is 4.72 Å². The highest BCUT2D eigenvalue weighted by Crippen LogP contribution is 2.26. The lowest BCUT2D eigenvalue weighted by molar-refractivity contribution is 0.199. The van der Waals surface area contributed by atoms with E-state index in [0.29, 0.717) is 0 Å². The van der Waals surface area contributed by atoms with Gasteiger partial charge in [-0.25, -0.2) is 0 Å². The van der Waals surface area contributed by atoms with Gasteiger partial charge >= 0.3 is 0 Å². The third-order valence-electron chi connectivity index (χ3n) is 4.31. The van der Waals surface area contributed by atoms with Crippen LogP contribution in [0.5, 0.6) is 0 Å². The molecule has 0 bridgehead atoms. The fraction of sp³-hybridized carbons (Fsp3) is 1.00. The van der Waals surface area contributed by atoms with E-state index in [1.807, 2.05) is 13.8 Å². The first-order valence-corrected chi connectivity index (χ1v) is 8.75. The summed E-state index contributed by atoms with van der Waals surface area (Å²) < 4.78 is 29.6. The molecule has 0 radical (unpaired) electrons.